The van der Waals surface area contributed by atoms with Crippen LogP contribution in [0, 0.1) is 0 Å². The van der Waals surface area contributed by atoms with Gasteiger partial charge in [0.25, 0.3) is 0 Å². The predicted octanol–water partition coefficient (Wildman–Crippen LogP) is -0.186. The van der Waals surface area contributed by atoms with Crippen molar-refractivity contribution in [1.82, 2.24) is 30.4 Å². The molecule has 7 nitrogen and oxygen atoms in total. The summed E-state index contributed by atoms with van der Waals surface area (Å²) in [4.78, 5) is 12.9. The van der Waals surface area contributed by atoms with E-state index in [-0.39, 0.29) is 31.5 Å². The fourth-order valence-electron chi connectivity index (χ4n) is 2.35. The molecule has 2 atom stereocenters. The smallest absolute Gasteiger partial charge is 0.350 e. The maximum Gasteiger partial charge on any atom is 0.404 e. The molecule has 0 spiro atoms. The summed E-state index contributed by atoms with van der Waals surface area (Å²) in [5.41, 5.74) is 0. The van der Waals surface area contributed by atoms with Crippen molar-refractivity contribution in [3.63, 3.8) is 0 Å². The fraction of sp³-hybridized carbons (Fsp3) is 0.800. The first-order valence-electron chi connectivity index (χ1n) is 6.13. The maximum absolute atomic E-state index is 12.7. The molecule has 20 heavy (non-hydrogen) atoms. The number of nitrogens with zero attached hydrogens (tertiary/aromatic N) is 5. The first kappa shape index (κ1) is 14.7. The van der Waals surface area contributed by atoms with Gasteiger partial charge in [-0.1, -0.05) is 0 Å². The Morgan fingerprint density at radius 1 is 1.45 bits per heavy atom. The number of aromatic nitrogens is 4. The number of hydrogen-bond donors (Lipinski definition) is 1. The molecule has 2 heterocycles. The van der Waals surface area contributed by atoms with E-state index in [1.165, 1.54) is 23.0 Å². The fourth-order valence-corrected chi connectivity index (χ4v) is 2.35. The van der Waals surface area contributed by atoms with Crippen LogP contribution in [0.3, 0.4) is 0 Å². The van der Waals surface area contributed by atoms with Crippen molar-refractivity contribution >= 4 is 5.91 Å². The summed E-state index contributed by atoms with van der Waals surface area (Å²) in [6, 6.07) is -1.72. The third kappa shape index (κ3) is 3.65. The molecule has 0 saturated carbocycles. The average Bonchev–Trinajstić information content (AvgIpc) is 2.79. The molecule has 2 rings (SSSR count). The van der Waals surface area contributed by atoms with Crippen molar-refractivity contribution in [3.05, 3.63) is 6.33 Å². The van der Waals surface area contributed by atoms with Gasteiger partial charge in [0, 0.05) is 12.6 Å². The third-order valence-electron chi connectivity index (χ3n) is 3.27. The lowest BCUT2D eigenvalue weighted by molar-refractivity contribution is -0.188. The van der Waals surface area contributed by atoms with Gasteiger partial charge in [-0.05, 0) is 30.3 Å². The highest BCUT2D eigenvalue weighted by atomic mass is 19.4. The number of nitrogens with one attached hydrogen (secondary N) is 1. The lowest BCUT2D eigenvalue weighted by atomic mass is 9.98. The number of tetrazole rings is 1. The Morgan fingerprint density at radius 3 is 2.75 bits per heavy atom. The van der Waals surface area contributed by atoms with E-state index in [9.17, 15) is 18.0 Å². The van der Waals surface area contributed by atoms with Gasteiger partial charge in [0.2, 0.25) is 5.91 Å². The zero-order chi connectivity index (χ0) is 14.8. The van der Waals surface area contributed by atoms with Gasteiger partial charge in [-0.15, -0.1) is 5.10 Å². The van der Waals surface area contributed by atoms with Crippen LogP contribution in [-0.4, -0.2) is 62.9 Å². The molecule has 1 N–H and O–H groups in total. The minimum absolute atomic E-state index is 0.0180. The van der Waals surface area contributed by atoms with Gasteiger partial charge in [-0.2, -0.15) is 13.2 Å². The second-order valence-corrected chi connectivity index (χ2v) is 4.85. The number of hydrogen-bond acceptors (Lipinski definition) is 5. The standard InChI is InChI=1S/C10H15F3N6O/c1-18-4-7(2-3-8(18)10(11,12)13)15-9(20)5-19-6-14-16-17-19/h6-8H,2-5H2,1H3,(H,15,20)/t7-,8-/m0/s1. The van der Waals surface area contributed by atoms with Crippen LogP contribution < -0.4 is 5.32 Å². The van der Waals surface area contributed by atoms with E-state index in [0.717, 1.165) is 0 Å². The number of carbonyl (C=O) groups excluding carboxylic acids is 1. The van der Waals surface area contributed by atoms with E-state index in [2.05, 4.69) is 20.8 Å². The van der Waals surface area contributed by atoms with E-state index in [1.807, 2.05) is 0 Å². The molecule has 1 aromatic heterocycles. The second kappa shape index (κ2) is 5.73. The van der Waals surface area contributed by atoms with Crippen LogP contribution in [0.25, 0.3) is 0 Å². The van der Waals surface area contributed by atoms with Crippen LogP contribution in [0.4, 0.5) is 13.2 Å². The molecule has 0 bridgehead atoms. The van der Waals surface area contributed by atoms with E-state index in [1.54, 1.807) is 0 Å². The first-order valence-corrected chi connectivity index (χ1v) is 6.13. The maximum atomic E-state index is 12.7. The van der Waals surface area contributed by atoms with E-state index < -0.39 is 12.2 Å². The van der Waals surface area contributed by atoms with Gasteiger partial charge in [-0.3, -0.25) is 9.69 Å². The van der Waals surface area contributed by atoms with Gasteiger partial charge in [0.1, 0.15) is 18.9 Å². The highest BCUT2D eigenvalue weighted by Gasteiger charge is 2.44. The van der Waals surface area contributed by atoms with Crippen LogP contribution in [0.2, 0.25) is 0 Å². The zero-order valence-electron chi connectivity index (χ0n) is 10.8. The van der Waals surface area contributed by atoms with Crippen LogP contribution in [0.1, 0.15) is 12.8 Å². The average molecular weight is 292 g/mol. The van der Waals surface area contributed by atoms with Crippen molar-refractivity contribution in [2.45, 2.75) is 37.6 Å². The Kier molecular flexibility index (Phi) is 4.21. The van der Waals surface area contributed by atoms with Crippen molar-refractivity contribution in [2.24, 2.45) is 0 Å². The van der Waals surface area contributed by atoms with E-state index in [4.69, 9.17) is 0 Å². The summed E-state index contributed by atoms with van der Waals surface area (Å²) in [5.74, 6) is -0.318. The van der Waals surface area contributed by atoms with Gasteiger partial charge in [0.15, 0.2) is 0 Å². The molecule has 1 saturated heterocycles. The van der Waals surface area contributed by atoms with Crippen molar-refractivity contribution in [2.75, 3.05) is 13.6 Å². The Labute approximate surface area is 113 Å². The molecule has 0 radical (unpaired) electrons. The number of rotatable bonds is 3. The molecule has 1 aliphatic rings. The number of carbonyl (C=O) groups is 1. The Hall–Kier alpha value is -1.71. The molecule has 1 amide bonds. The zero-order valence-corrected chi connectivity index (χ0v) is 10.8. The van der Waals surface area contributed by atoms with Gasteiger partial charge < -0.3 is 5.32 Å². The normalized spacial score (nSPS) is 24.6. The highest BCUT2D eigenvalue weighted by Crippen LogP contribution is 2.30. The molecule has 0 unspecified atom stereocenters. The molecule has 1 fully saturated rings. The molecule has 1 aromatic rings. The van der Waals surface area contributed by atoms with Gasteiger partial charge >= 0.3 is 6.18 Å². The predicted molar refractivity (Wildman–Crippen MR) is 61.5 cm³/mol. The summed E-state index contributed by atoms with van der Waals surface area (Å²) < 4.78 is 39.3. The minimum atomic E-state index is -4.23. The Balaban J connectivity index is 1.82. The number of amides is 1. The molecule has 0 aliphatic carbocycles. The Bertz CT molecular complexity index is 448. The third-order valence-corrected chi connectivity index (χ3v) is 3.27. The van der Waals surface area contributed by atoms with Crippen molar-refractivity contribution in [1.29, 1.82) is 0 Å². The summed E-state index contributed by atoms with van der Waals surface area (Å²) in [5, 5.41) is 13.0. The lowest BCUT2D eigenvalue weighted by Crippen LogP contribution is -2.55. The first-order chi connectivity index (χ1) is 9.36. The molecular weight excluding hydrogens is 277 g/mol. The monoisotopic (exact) mass is 292 g/mol. The highest BCUT2D eigenvalue weighted by molar-refractivity contribution is 5.75. The van der Waals surface area contributed by atoms with Crippen molar-refractivity contribution < 1.29 is 18.0 Å². The summed E-state index contributed by atoms with van der Waals surface area (Å²) >= 11 is 0. The molecular formula is C10H15F3N6O. The molecule has 0 aromatic carbocycles. The van der Waals surface area contributed by atoms with Crippen LogP contribution in [0.5, 0.6) is 0 Å². The molecule has 1 aliphatic heterocycles. The number of piperidine rings is 1. The summed E-state index contributed by atoms with van der Waals surface area (Å²) in [6.07, 6.45) is -2.64. The van der Waals surface area contributed by atoms with Gasteiger partial charge in [-0.25, -0.2) is 4.68 Å². The summed E-state index contributed by atoms with van der Waals surface area (Å²) in [7, 11) is 1.41. The SMILES string of the molecule is CN1C[C@@H](NC(=O)Cn2cnnn2)CC[C@H]1C(F)(F)F. The quantitative estimate of drug-likeness (QED) is 0.836. The van der Waals surface area contributed by atoms with Gasteiger partial charge in [0.05, 0.1) is 0 Å². The van der Waals surface area contributed by atoms with Crippen molar-refractivity contribution in [3.8, 4) is 0 Å². The number of likely N-dealkylation sites (N-methyl/N-ethyl adjacent to an activating group) is 1. The van der Waals surface area contributed by atoms with Crippen LogP contribution in [0.15, 0.2) is 6.33 Å². The minimum Gasteiger partial charge on any atom is -0.350 e. The van der Waals surface area contributed by atoms with E-state index >= 15 is 0 Å². The van der Waals surface area contributed by atoms with E-state index in [0.29, 0.717) is 6.42 Å². The summed E-state index contributed by atoms with van der Waals surface area (Å²) in [6.45, 7) is 0.126. The molecule has 10 heteroatoms. The number of likely N-dealkylation sites (tertiary alicyclic amines) is 1. The van der Waals surface area contributed by atoms with Crippen LogP contribution in [-0.2, 0) is 11.3 Å². The second-order valence-electron chi connectivity index (χ2n) is 4.85. The van der Waals surface area contributed by atoms with Crippen LogP contribution >= 0.6 is 0 Å². The number of alkyl halides is 3. The lowest BCUT2D eigenvalue weighted by Gasteiger charge is -2.38. The Morgan fingerprint density at radius 2 is 2.20 bits per heavy atom. The molecule has 112 valence electrons. The largest absolute Gasteiger partial charge is 0.404 e. The topological polar surface area (TPSA) is 75.9 Å². The number of halogens is 3.